The van der Waals surface area contributed by atoms with E-state index in [1.165, 1.54) is 11.1 Å². The van der Waals surface area contributed by atoms with Crippen LogP contribution in [-0.2, 0) is 17.8 Å². The lowest BCUT2D eigenvalue weighted by Crippen LogP contribution is -2.44. The minimum absolute atomic E-state index is 0.0528. The highest BCUT2D eigenvalue weighted by Crippen LogP contribution is 2.22. The van der Waals surface area contributed by atoms with Gasteiger partial charge in [0.2, 0.25) is 5.91 Å². The van der Waals surface area contributed by atoms with Crippen molar-refractivity contribution < 1.29 is 9.59 Å². The first-order valence-corrected chi connectivity index (χ1v) is 7.94. The second-order valence-electron chi connectivity index (χ2n) is 6.09. The summed E-state index contributed by atoms with van der Waals surface area (Å²) < 4.78 is 0. The maximum atomic E-state index is 12.6. The maximum Gasteiger partial charge on any atom is 0.271 e. The number of fused-ring (bicyclic) bond motifs is 1. The molecule has 1 atom stereocenters. The molecule has 1 aliphatic rings. The fourth-order valence-corrected chi connectivity index (χ4v) is 3.00. The molecule has 0 aliphatic carbocycles. The van der Waals surface area contributed by atoms with Crippen molar-refractivity contribution >= 4 is 17.5 Å². The van der Waals surface area contributed by atoms with Crippen molar-refractivity contribution in [2.45, 2.75) is 32.9 Å². The van der Waals surface area contributed by atoms with Crippen LogP contribution in [0.5, 0.6) is 0 Å². The number of aryl methyl sites for hydroxylation is 1. The molecule has 0 unspecified atom stereocenters. The lowest BCUT2D eigenvalue weighted by molar-refractivity contribution is -0.121. The number of aromatic nitrogens is 2. The summed E-state index contributed by atoms with van der Waals surface area (Å²) in [5, 5.41) is 9.30. The molecule has 7 heteroatoms. The van der Waals surface area contributed by atoms with Gasteiger partial charge in [-0.15, -0.1) is 0 Å². The number of benzene rings is 1. The van der Waals surface area contributed by atoms with Crippen molar-refractivity contribution in [3.63, 3.8) is 0 Å². The van der Waals surface area contributed by atoms with E-state index in [1.807, 2.05) is 19.1 Å². The molecule has 2 heterocycles. The van der Waals surface area contributed by atoms with Gasteiger partial charge >= 0.3 is 0 Å². The monoisotopic (exact) mass is 327 g/mol. The molecule has 0 bridgehead atoms. The summed E-state index contributed by atoms with van der Waals surface area (Å²) in [6.07, 6.45) is 0.922. The predicted octanol–water partition coefficient (Wildman–Crippen LogP) is 1.20. The number of hydrogen-bond donors (Lipinski definition) is 3. The summed E-state index contributed by atoms with van der Waals surface area (Å²) in [7, 11) is 0. The lowest BCUT2D eigenvalue weighted by Gasteiger charge is -2.32. The largest absolute Gasteiger partial charge is 0.364 e. The van der Waals surface area contributed by atoms with Gasteiger partial charge in [-0.25, -0.2) is 0 Å². The molecule has 0 saturated carbocycles. The van der Waals surface area contributed by atoms with E-state index in [9.17, 15) is 9.59 Å². The van der Waals surface area contributed by atoms with Crippen LogP contribution in [0.25, 0.3) is 0 Å². The second kappa shape index (κ2) is 6.45. The van der Waals surface area contributed by atoms with Gasteiger partial charge in [0.25, 0.3) is 5.91 Å². The van der Waals surface area contributed by atoms with Crippen molar-refractivity contribution in [3.8, 4) is 0 Å². The van der Waals surface area contributed by atoms with E-state index in [2.05, 4.69) is 32.5 Å². The van der Waals surface area contributed by atoms with Crippen LogP contribution >= 0.6 is 0 Å². The summed E-state index contributed by atoms with van der Waals surface area (Å²) in [4.78, 5) is 26.1. The van der Waals surface area contributed by atoms with Gasteiger partial charge in [-0.2, -0.15) is 5.10 Å². The number of nitrogens with one attached hydrogen (secondary N) is 2. The first-order valence-electron chi connectivity index (χ1n) is 7.94. The molecule has 2 aromatic rings. The third-order valence-corrected chi connectivity index (χ3v) is 4.52. The van der Waals surface area contributed by atoms with Gasteiger partial charge in [-0.05, 0) is 31.4 Å². The molecule has 1 aromatic heterocycles. The Balaban J connectivity index is 1.72. The normalized spacial score (nSPS) is 15.6. The SMILES string of the molecule is Cc1[nH]nc(C(N)=O)c1NC(=O)[C@@H](C)N1CCc2ccccc2C1. The maximum absolute atomic E-state index is 12.6. The molecule has 4 N–H and O–H groups in total. The van der Waals surface area contributed by atoms with E-state index >= 15 is 0 Å². The zero-order valence-electron chi connectivity index (χ0n) is 13.8. The third-order valence-electron chi connectivity index (χ3n) is 4.52. The van der Waals surface area contributed by atoms with Gasteiger partial charge in [-0.3, -0.25) is 19.6 Å². The highest BCUT2D eigenvalue weighted by molar-refractivity contribution is 6.03. The number of hydrogen-bond acceptors (Lipinski definition) is 4. The minimum atomic E-state index is -0.672. The number of nitrogens with two attached hydrogens (primary N) is 1. The fraction of sp³-hybridized carbons (Fsp3) is 0.353. The topological polar surface area (TPSA) is 104 Å². The number of aromatic amines is 1. The number of nitrogens with zero attached hydrogens (tertiary/aromatic N) is 2. The number of carbonyl (C=O) groups excluding carboxylic acids is 2. The van der Waals surface area contributed by atoms with Crippen LogP contribution in [-0.4, -0.2) is 39.5 Å². The second-order valence-corrected chi connectivity index (χ2v) is 6.09. The molecule has 2 amide bonds. The molecule has 0 saturated heterocycles. The first-order chi connectivity index (χ1) is 11.5. The Morgan fingerprint density at radius 3 is 2.75 bits per heavy atom. The van der Waals surface area contributed by atoms with Crippen LogP contribution in [0, 0.1) is 6.92 Å². The molecule has 1 aromatic carbocycles. The van der Waals surface area contributed by atoms with Crippen molar-refractivity contribution in [1.82, 2.24) is 15.1 Å². The summed E-state index contributed by atoms with van der Waals surface area (Å²) in [6, 6.07) is 7.95. The summed E-state index contributed by atoms with van der Waals surface area (Å²) >= 11 is 0. The smallest absolute Gasteiger partial charge is 0.271 e. The number of carbonyl (C=O) groups is 2. The van der Waals surface area contributed by atoms with Crippen molar-refractivity contribution in [1.29, 1.82) is 0 Å². The summed E-state index contributed by atoms with van der Waals surface area (Å²) in [5.74, 6) is -0.851. The van der Waals surface area contributed by atoms with Crippen LogP contribution in [0.4, 0.5) is 5.69 Å². The van der Waals surface area contributed by atoms with Crippen molar-refractivity contribution in [3.05, 3.63) is 46.8 Å². The summed E-state index contributed by atoms with van der Waals surface area (Å²) in [6.45, 7) is 5.15. The van der Waals surface area contributed by atoms with Crippen LogP contribution in [0.1, 0.15) is 34.2 Å². The Morgan fingerprint density at radius 1 is 1.33 bits per heavy atom. The molecular weight excluding hydrogens is 306 g/mol. The highest BCUT2D eigenvalue weighted by Gasteiger charge is 2.27. The number of anilines is 1. The van der Waals surface area contributed by atoms with Crippen molar-refractivity contribution in [2.24, 2.45) is 5.73 Å². The molecule has 0 radical (unpaired) electrons. The number of amides is 2. The van der Waals surface area contributed by atoms with E-state index in [0.717, 1.165) is 19.5 Å². The van der Waals surface area contributed by atoms with Gasteiger partial charge in [0.1, 0.15) is 0 Å². The van der Waals surface area contributed by atoms with Crippen LogP contribution < -0.4 is 11.1 Å². The van der Waals surface area contributed by atoms with E-state index < -0.39 is 5.91 Å². The molecule has 0 fully saturated rings. The third kappa shape index (κ3) is 3.03. The van der Waals surface area contributed by atoms with E-state index in [-0.39, 0.29) is 17.6 Å². The van der Waals surface area contributed by atoms with Crippen LogP contribution in [0.3, 0.4) is 0 Å². The molecule has 1 aliphatic heterocycles. The van der Waals surface area contributed by atoms with Crippen molar-refractivity contribution in [2.75, 3.05) is 11.9 Å². The van der Waals surface area contributed by atoms with E-state index in [0.29, 0.717) is 11.4 Å². The van der Waals surface area contributed by atoms with E-state index in [1.54, 1.807) is 6.92 Å². The van der Waals surface area contributed by atoms with Gasteiger partial charge in [0, 0.05) is 13.1 Å². The Morgan fingerprint density at radius 2 is 2.04 bits per heavy atom. The minimum Gasteiger partial charge on any atom is -0.364 e. The molecule has 24 heavy (non-hydrogen) atoms. The van der Waals surface area contributed by atoms with Crippen LogP contribution in [0.2, 0.25) is 0 Å². The zero-order valence-corrected chi connectivity index (χ0v) is 13.8. The zero-order chi connectivity index (χ0) is 17.3. The van der Waals surface area contributed by atoms with E-state index in [4.69, 9.17) is 5.73 Å². The number of primary amides is 1. The fourth-order valence-electron chi connectivity index (χ4n) is 3.00. The molecule has 126 valence electrons. The Bertz CT molecular complexity index is 783. The Kier molecular flexibility index (Phi) is 4.35. The van der Waals surface area contributed by atoms with Gasteiger partial charge in [0.05, 0.1) is 17.4 Å². The number of rotatable bonds is 4. The van der Waals surface area contributed by atoms with Crippen LogP contribution in [0.15, 0.2) is 24.3 Å². The first kappa shape index (κ1) is 16.2. The average molecular weight is 327 g/mol. The van der Waals surface area contributed by atoms with Gasteiger partial charge in [0.15, 0.2) is 5.69 Å². The Labute approximate surface area is 140 Å². The molecule has 7 nitrogen and oxygen atoms in total. The lowest BCUT2D eigenvalue weighted by atomic mass is 9.99. The molecular formula is C17H21N5O2. The number of H-pyrrole nitrogens is 1. The van der Waals surface area contributed by atoms with Gasteiger partial charge in [-0.1, -0.05) is 24.3 Å². The molecule has 0 spiro atoms. The summed E-state index contributed by atoms with van der Waals surface area (Å²) in [5.41, 5.74) is 8.90. The average Bonchev–Trinajstić information content (AvgIpc) is 2.94. The quantitative estimate of drug-likeness (QED) is 0.785. The molecule has 3 rings (SSSR count). The highest BCUT2D eigenvalue weighted by atomic mass is 16.2. The van der Waals surface area contributed by atoms with Gasteiger partial charge < -0.3 is 11.1 Å². The standard InChI is InChI=1S/C17H21N5O2/c1-10-14(15(16(18)23)21-20-10)19-17(24)11(2)22-8-7-12-5-3-4-6-13(12)9-22/h3-6,11H,7-9H2,1-2H3,(H2,18,23)(H,19,24)(H,20,21)/t11-/m1/s1. The predicted molar refractivity (Wildman–Crippen MR) is 90.5 cm³/mol. The Hall–Kier alpha value is -2.67.